The smallest absolute Gasteiger partial charge is 0.410 e. The van der Waals surface area contributed by atoms with Gasteiger partial charge in [-0.25, -0.2) is 4.79 Å². The van der Waals surface area contributed by atoms with E-state index in [2.05, 4.69) is 48.5 Å². The third-order valence-corrected chi connectivity index (χ3v) is 7.89. The summed E-state index contributed by atoms with van der Waals surface area (Å²) in [6.07, 6.45) is 1.26. The number of rotatable bonds is 9. The van der Waals surface area contributed by atoms with Gasteiger partial charge in [0.1, 0.15) is 12.2 Å². The molecule has 5 heteroatoms. The molecule has 1 amide bonds. The van der Waals surface area contributed by atoms with E-state index in [1.165, 1.54) is 0 Å². The van der Waals surface area contributed by atoms with Crippen LogP contribution in [0.1, 0.15) is 35.1 Å². The number of nitrogens with zero attached hydrogens (tertiary/aromatic N) is 1. The topological polar surface area (TPSA) is 48.0 Å². The van der Waals surface area contributed by atoms with Crippen LogP contribution in [0.4, 0.5) is 4.79 Å². The van der Waals surface area contributed by atoms with E-state index in [0.717, 1.165) is 35.1 Å². The number of hydrogen-bond acceptors (Lipinski definition) is 4. The molecular formula is C34H33NO4. The van der Waals surface area contributed by atoms with Crippen LogP contribution in [0.15, 0.2) is 121 Å². The SMILES string of the molecule is O=C1OC[C@@H]2[C@H](OCc3ccccc3)CC[C@H](COC(c3ccccc3)(c3ccccc3)c3ccccc3)N12. The molecule has 0 bridgehead atoms. The Morgan fingerprint density at radius 2 is 1.23 bits per heavy atom. The molecule has 6 rings (SSSR count). The maximum Gasteiger partial charge on any atom is 0.410 e. The van der Waals surface area contributed by atoms with Crippen molar-refractivity contribution >= 4 is 6.09 Å². The summed E-state index contributed by atoms with van der Waals surface area (Å²) in [6.45, 7) is 1.23. The Kier molecular flexibility index (Phi) is 7.44. The largest absolute Gasteiger partial charge is 0.447 e. The van der Waals surface area contributed by atoms with E-state index in [4.69, 9.17) is 14.2 Å². The Balaban J connectivity index is 1.28. The van der Waals surface area contributed by atoms with Gasteiger partial charge in [-0.05, 0) is 35.1 Å². The zero-order chi connectivity index (χ0) is 26.5. The van der Waals surface area contributed by atoms with Crippen molar-refractivity contribution in [2.24, 2.45) is 0 Å². The Hall–Kier alpha value is -3.93. The predicted octanol–water partition coefficient (Wildman–Crippen LogP) is 6.56. The number of cyclic esters (lactones) is 1. The van der Waals surface area contributed by atoms with E-state index in [-0.39, 0.29) is 24.3 Å². The number of amides is 1. The highest BCUT2D eigenvalue weighted by molar-refractivity contribution is 5.71. The predicted molar refractivity (Wildman–Crippen MR) is 150 cm³/mol. The molecule has 2 saturated heterocycles. The molecule has 0 aliphatic carbocycles. The Labute approximate surface area is 230 Å². The first kappa shape index (κ1) is 25.4. The standard InChI is InChI=1S/C34H33NO4/c36-33-35-30(21-22-32(31(35)25-38-33)37-23-26-13-5-1-6-14-26)24-39-34(27-15-7-2-8-16-27,28-17-9-3-10-18-28)29-19-11-4-12-20-29/h1-20,30-32H,21-25H2/t30-,31-,32-/m1/s1. The van der Waals surface area contributed by atoms with Crippen molar-refractivity contribution in [3.8, 4) is 0 Å². The van der Waals surface area contributed by atoms with Gasteiger partial charge in [0.2, 0.25) is 0 Å². The molecule has 0 radical (unpaired) electrons. The van der Waals surface area contributed by atoms with Gasteiger partial charge in [-0.1, -0.05) is 121 Å². The van der Waals surface area contributed by atoms with Crippen LogP contribution >= 0.6 is 0 Å². The molecule has 4 aromatic rings. The molecule has 2 aliphatic heterocycles. The molecule has 0 unspecified atom stereocenters. The van der Waals surface area contributed by atoms with Crippen LogP contribution in [0.3, 0.4) is 0 Å². The van der Waals surface area contributed by atoms with Crippen LogP contribution in [0.25, 0.3) is 0 Å². The zero-order valence-corrected chi connectivity index (χ0v) is 21.9. The van der Waals surface area contributed by atoms with Gasteiger partial charge in [0, 0.05) is 0 Å². The fourth-order valence-corrected chi connectivity index (χ4v) is 5.97. The first-order chi connectivity index (χ1) is 19.3. The van der Waals surface area contributed by atoms with Crippen molar-refractivity contribution < 1.29 is 19.0 Å². The summed E-state index contributed by atoms with van der Waals surface area (Å²) in [4.78, 5) is 14.8. The van der Waals surface area contributed by atoms with Gasteiger partial charge in [-0.2, -0.15) is 0 Å². The summed E-state index contributed by atoms with van der Waals surface area (Å²) in [5.74, 6) is 0. The molecule has 2 fully saturated rings. The van der Waals surface area contributed by atoms with Gasteiger partial charge in [0.25, 0.3) is 0 Å². The second-order valence-corrected chi connectivity index (χ2v) is 10.2. The van der Waals surface area contributed by atoms with Crippen molar-refractivity contribution in [1.29, 1.82) is 0 Å². The van der Waals surface area contributed by atoms with E-state index in [9.17, 15) is 4.79 Å². The van der Waals surface area contributed by atoms with Crippen molar-refractivity contribution in [3.05, 3.63) is 144 Å². The highest BCUT2D eigenvalue weighted by Gasteiger charge is 2.48. The van der Waals surface area contributed by atoms with Crippen molar-refractivity contribution in [3.63, 3.8) is 0 Å². The number of fused-ring (bicyclic) bond motifs is 1. The minimum Gasteiger partial charge on any atom is -0.447 e. The summed E-state index contributed by atoms with van der Waals surface area (Å²) in [5.41, 5.74) is 3.43. The lowest BCUT2D eigenvalue weighted by Crippen LogP contribution is -2.55. The second-order valence-electron chi connectivity index (χ2n) is 10.2. The molecule has 2 heterocycles. The minimum atomic E-state index is -0.830. The first-order valence-electron chi connectivity index (χ1n) is 13.7. The number of carbonyl (C=O) groups is 1. The number of carbonyl (C=O) groups excluding carboxylic acids is 1. The van der Waals surface area contributed by atoms with E-state index in [0.29, 0.717) is 19.8 Å². The number of ether oxygens (including phenoxy) is 3. The Morgan fingerprint density at radius 1 is 0.718 bits per heavy atom. The van der Waals surface area contributed by atoms with Crippen molar-refractivity contribution in [2.45, 2.75) is 43.2 Å². The minimum absolute atomic E-state index is 0.0740. The van der Waals surface area contributed by atoms with Gasteiger partial charge in [0.05, 0.1) is 31.4 Å². The summed E-state index contributed by atoms with van der Waals surface area (Å²) in [7, 11) is 0. The van der Waals surface area contributed by atoms with Crippen LogP contribution in [0.5, 0.6) is 0 Å². The van der Waals surface area contributed by atoms with Crippen LogP contribution in [-0.4, -0.2) is 42.4 Å². The highest BCUT2D eigenvalue weighted by atomic mass is 16.6. The second kappa shape index (κ2) is 11.4. The van der Waals surface area contributed by atoms with Crippen LogP contribution in [0.2, 0.25) is 0 Å². The van der Waals surface area contributed by atoms with E-state index < -0.39 is 5.60 Å². The lowest BCUT2D eigenvalue weighted by molar-refractivity contribution is -0.0731. The summed E-state index contributed by atoms with van der Waals surface area (Å²) in [6, 6.07) is 40.9. The number of piperidine rings is 1. The van der Waals surface area contributed by atoms with Crippen molar-refractivity contribution in [2.75, 3.05) is 13.2 Å². The Bertz CT molecular complexity index is 1250. The average Bonchev–Trinajstić information content (AvgIpc) is 3.41. The third-order valence-electron chi connectivity index (χ3n) is 7.89. The van der Waals surface area contributed by atoms with E-state index in [1.807, 2.05) is 77.7 Å². The van der Waals surface area contributed by atoms with Gasteiger partial charge in [-0.3, -0.25) is 4.90 Å². The molecule has 39 heavy (non-hydrogen) atoms. The van der Waals surface area contributed by atoms with Crippen LogP contribution < -0.4 is 0 Å². The normalized spacial score (nSPS) is 20.9. The third kappa shape index (κ3) is 5.08. The number of benzene rings is 4. The fourth-order valence-electron chi connectivity index (χ4n) is 5.97. The molecule has 0 spiro atoms. The monoisotopic (exact) mass is 519 g/mol. The van der Waals surface area contributed by atoms with E-state index >= 15 is 0 Å². The molecule has 198 valence electrons. The molecule has 5 nitrogen and oxygen atoms in total. The zero-order valence-electron chi connectivity index (χ0n) is 21.9. The molecule has 0 N–H and O–H groups in total. The summed E-state index contributed by atoms with van der Waals surface area (Å²) < 4.78 is 18.9. The fraction of sp³-hybridized carbons (Fsp3) is 0.265. The molecule has 0 saturated carbocycles. The van der Waals surface area contributed by atoms with Gasteiger partial charge in [0.15, 0.2) is 0 Å². The maximum absolute atomic E-state index is 13.0. The summed E-state index contributed by atoms with van der Waals surface area (Å²) in [5, 5.41) is 0. The average molecular weight is 520 g/mol. The molecule has 2 aliphatic rings. The quantitative estimate of drug-likeness (QED) is 0.235. The van der Waals surface area contributed by atoms with E-state index in [1.54, 1.807) is 0 Å². The maximum atomic E-state index is 13.0. The van der Waals surface area contributed by atoms with Gasteiger partial charge < -0.3 is 14.2 Å². The van der Waals surface area contributed by atoms with Crippen molar-refractivity contribution in [1.82, 2.24) is 4.90 Å². The van der Waals surface area contributed by atoms with Crippen LogP contribution in [0, 0.1) is 0 Å². The Morgan fingerprint density at radius 3 is 1.77 bits per heavy atom. The molecule has 4 aromatic carbocycles. The molecule has 0 aromatic heterocycles. The van der Waals surface area contributed by atoms with Gasteiger partial charge >= 0.3 is 6.09 Å². The first-order valence-corrected chi connectivity index (χ1v) is 13.7. The lowest BCUT2D eigenvalue weighted by atomic mass is 9.80. The highest BCUT2D eigenvalue weighted by Crippen LogP contribution is 2.41. The van der Waals surface area contributed by atoms with Gasteiger partial charge in [-0.15, -0.1) is 0 Å². The lowest BCUT2D eigenvalue weighted by Gasteiger charge is -2.42. The molecular weight excluding hydrogens is 486 g/mol. The number of hydrogen-bond donors (Lipinski definition) is 0. The summed E-state index contributed by atoms with van der Waals surface area (Å²) >= 11 is 0. The molecule has 3 atom stereocenters. The van der Waals surface area contributed by atoms with Crippen LogP contribution in [-0.2, 0) is 26.4 Å².